The first-order valence-corrected chi connectivity index (χ1v) is 8.65. The van der Waals surface area contributed by atoms with Crippen molar-refractivity contribution in [1.82, 2.24) is 9.88 Å². The molecule has 0 spiro atoms. The van der Waals surface area contributed by atoms with Crippen molar-refractivity contribution >= 4 is 37.8 Å². The summed E-state index contributed by atoms with van der Waals surface area (Å²) in [6.45, 7) is 1.67. The Morgan fingerprint density at radius 3 is 2.91 bits per heavy atom. The maximum Gasteiger partial charge on any atom is 0.236 e. The molecule has 4 nitrogen and oxygen atoms in total. The summed E-state index contributed by atoms with van der Waals surface area (Å²) in [4.78, 5) is 12.8. The highest BCUT2D eigenvalue weighted by molar-refractivity contribution is 9.13. The van der Waals surface area contributed by atoms with Gasteiger partial charge in [-0.15, -0.1) is 0 Å². The molecule has 0 fully saturated rings. The normalized spacial score (nSPS) is 13.8. The third-order valence-corrected chi connectivity index (χ3v) is 6.02. The Morgan fingerprint density at radius 2 is 2.14 bits per heavy atom. The molecule has 116 valence electrons. The molecule has 1 aliphatic heterocycles. The zero-order chi connectivity index (χ0) is 15.7. The lowest BCUT2D eigenvalue weighted by Crippen LogP contribution is -2.27. The highest BCUT2D eigenvalue weighted by atomic mass is 79.9. The third kappa shape index (κ3) is 2.75. The zero-order valence-corrected chi connectivity index (χ0v) is 15.3. The number of rotatable bonds is 3. The Bertz CT molecular complexity index is 725. The molecule has 3 rings (SSSR count). The first-order valence-electron chi connectivity index (χ1n) is 7.06. The van der Waals surface area contributed by atoms with Crippen molar-refractivity contribution in [3.8, 4) is 5.75 Å². The predicted octanol–water partition coefficient (Wildman–Crippen LogP) is 3.55. The van der Waals surface area contributed by atoms with Crippen LogP contribution in [0.25, 0.3) is 0 Å². The lowest BCUT2D eigenvalue weighted by Gasteiger charge is -2.16. The largest absolute Gasteiger partial charge is 0.496 e. The molecule has 0 radical (unpaired) electrons. The van der Waals surface area contributed by atoms with Crippen LogP contribution in [0.5, 0.6) is 5.75 Å². The number of hydrogen-bond acceptors (Lipinski definition) is 3. The van der Waals surface area contributed by atoms with Crippen LogP contribution in [0.2, 0.25) is 0 Å². The lowest BCUT2D eigenvalue weighted by molar-refractivity contribution is 0.0907. The number of halogens is 2. The monoisotopic (exact) mass is 426 g/mol. The minimum absolute atomic E-state index is 0.0419. The van der Waals surface area contributed by atoms with Crippen LogP contribution in [-0.4, -0.2) is 24.1 Å². The first kappa shape index (κ1) is 15.8. The quantitative estimate of drug-likeness (QED) is 0.814. The number of nitrogens with one attached hydrogen (secondary N) is 1. The van der Waals surface area contributed by atoms with E-state index in [1.54, 1.807) is 11.7 Å². The molecule has 22 heavy (non-hydrogen) atoms. The molecule has 0 atom stereocenters. The molecule has 0 amide bonds. The van der Waals surface area contributed by atoms with Crippen LogP contribution >= 0.6 is 31.9 Å². The van der Waals surface area contributed by atoms with Gasteiger partial charge in [-0.2, -0.15) is 0 Å². The fourth-order valence-corrected chi connectivity index (χ4v) is 4.01. The van der Waals surface area contributed by atoms with E-state index in [-0.39, 0.29) is 5.91 Å². The van der Waals surface area contributed by atoms with E-state index in [1.165, 1.54) is 0 Å². The van der Waals surface area contributed by atoms with Gasteiger partial charge in [-0.3, -0.25) is 9.36 Å². The molecule has 2 heterocycles. The Balaban J connectivity index is 1.96. The van der Waals surface area contributed by atoms with E-state index < -0.39 is 0 Å². The van der Waals surface area contributed by atoms with Crippen LogP contribution in [0, 0.1) is 0 Å². The number of carbonyl (C=O) groups is 1. The van der Waals surface area contributed by atoms with Crippen LogP contribution < -0.4 is 10.1 Å². The van der Waals surface area contributed by atoms with Crippen LogP contribution in [-0.2, 0) is 19.4 Å². The number of fused-ring (bicyclic) bond motifs is 1. The van der Waals surface area contributed by atoms with Crippen molar-refractivity contribution in [3.63, 3.8) is 0 Å². The zero-order valence-electron chi connectivity index (χ0n) is 12.2. The molecule has 1 aromatic heterocycles. The van der Waals surface area contributed by atoms with Gasteiger partial charge in [-0.05, 0) is 37.9 Å². The molecular formula is C16H16Br2N2O2. The summed E-state index contributed by atoms with van der Waals surface area (Å²) in [6, 6.07) is 7.63. The molecule has 0 saturated heterocycles. The van der Waals surface area contributed by atoms with E-state index in [1.807, 2.05) is 24.3 Å². The van der Waals surface area contributed by atoms with Gasteiger partial charge in [-0.1, -0.05) is 18.2 Å². The van der Waals surface area contributed by atoms with Crippen molar-refractivity contribution in [2.75, 3.05) is 13.7 Å². The molecule has 0 bridgehead atoms. The number of aromatic nitrogens is 1. The average Bonchev–Trinajstić information content (AvgIpc) is 2.80. The molecule has 6 heteroatoms. The summed E-state index contributed by atoms with van der Waals surface area (Å²) in [5, 5.41) is 3.33. The Labute approximate surface area is 146 Å². The molecule has 0 saturated carbocycles. The third-order valence-electron chi connectivity index (χ3n) is 3.88. The fourth-order valence-electron chi connectivity index (χ4n) is 2.82. The van der Waals surface area contributed by atoms with Crippen molar-refractivity contribution in [1.29, 1.82) is 0 Å². The summed E-state index contributed by atoms with van der Waals surface area (Å²) in [6.07, 6.45) is 1.15. The lowest BCUT2D eigenvalue weighted by atomic mass is 10.1. The van der Waals surface area contributed by atoms with Crippen molar-refractivity contribution in [2.24, 2.45) is 0 Å². The van der Waals surface area contributed by atoms with Gasteiger partial charge >= 0.3 is 0 Å². The topological polar surface area (TPSA) is 43.3 Å². The fraction of sp³-hybridized carbons (Fsp3) is 0.312. The van der Waals surface area contributed by atoms with E-state index >= 15 is 0 Å². The van der Waals surface area contributed by atoms with E-state index in [0.717, 1.165) is 51.2 Å². The second-order valence-electron chi connectivity index (χ2n) is 5.17. The van der Waals surface area contributed by atoms with Gasteiger partial charge in [0.1, 0.15) is 10.4 Å². The number of hydrogen-bond donors (Lipinski definition) is 1. The van der Waals surface area contributed by atoms with Gasteiger partial charge in [0.05, 0.1) is 18.0 Å². The van der Waals surface area contributed by atoms with E-state index in [0.29, 0.717) is 6.42 Å². The van der Waals surface area contributed by atoms with Crippen molar-refractivity contribution in [3.05, 3.63) is 50.2 Å². The summed E-state index contributed by atoms with van der Waals surface area (Å²) in [5.41, 5.74) is 3.14. The van der Waals surface area contributed by atoms with Gasteiger partial charge < -0.3 is 10.1 Å². The summed E-state index contributed by atoms with van der Waals surface area (Å²) in [7, 11) is 1.62. The molecule has 1 aromatic carbocycles. The predicted molar refractivity (Wildman–Crippen MR) is 92.6 cm³/mol. The van der Waals surface area contributed by atoms with E-state index in [4.69, 9.17) is 4.74 Å². The second-order valence-corrected chi connectivity index (χ2v) is 6.72. The molecule has 1 aliphatic rings. The SMILES string of the molecule is COc1ccccc1CC(=O)n1c(Br)c(Br)c2c1CCNC2. The Kier molecular flexibility index (Phi) is 4.70. The number of para-hydroxylation sites is 1. The Hall–Kier alpha value is -1.11. The van der Waals surface area contributed by atoms with Crippen molar-refractivity contribution in [2.45, 2.75) is 19.4 Å². The summed E-state index contributed by atoms with van der Waals surface area (Å²) >= 11 is 7.13. The van der Waals surface area contributed by atoms with Gasteiger partial charge in [0.2, 0.25) is 5.91 Å². The van der Waals surface area contributed by atoms with Gasteiger partial charge in [0.25, 0.3) is 0 Å². The van der Waals surface area contributed by atoms with Crippen LogP contribution in [0.4, 0.5) is 0 Å². The number of carbonyl (C=O) groups excluding carboxylic acids is 1. The maximum absolute atomic E-state index is 12.8. The molecule has 1 N–H and O–H groups in total. The van der Waals surface area contributed by atoms with Crippen molar-refractivity contribution < 1.29 is 9.53 Å². The second kappa shape index (κ2) is 6.56. The molecule has 0 aliphatic carbocycles. The smallest absolute Gasteiger partial charge is 0.236 e. The standard InChI is InChI=1S/C16H16Br2N2O2/c1-22-13-5-3-2-4-10(13)8-14(21)20-12-6-7-19-9-11(12)15(17)16(20)18/h2-5,19H,6-9H2,1H3. The number of methoxy groups -OCH3 is 1. The molecule has 0 unspecified atom stereocenters. The minimum atomic E-state index is 0.0419. The first-order chi connectivity index (χ1) is 10.6. The Morgan fingerprint density at radius 1 is 1.36 bits per heavy atom. The maximum atomic E-state index is 12.8. The minimum Gasteiger partial charge on any atom is -0.496 e. The molecular weight excluding hydrogens is 412 g/mol. The van der Waals surface area contributed by atoms with Gasteiger partial charge in [-0.25, -0.2) is 0 Å². The van der Waals surface area contributed by atoms with E-state index in [9.17, 15) is 4.79 Å². The van der Waals surface area contributed by atoms with Gasteiger partial charge in [0.15, 0.2) is 0 Å². The molecule has 2 aromatic rings. The number of benzene rings is 1. The highest BCUT2D eigenvalue weighted by Gasteiger charge is 2.25. The van der Waals surface area contributed by atoms with Gasteiger partial charge in [0, 0.05) is 36.3 Å². The van der Waals surface area contributed by atoms with E-state index in [2.05, 4.69) is 37.2 Å². The average molecular weight is 428 g/mol. The summed E-state index contributed by atoms with van der Waals surface area (Å²) < 4.78 is 8.88. The van der Waals surface area contributed by atoms with Crippen LogP contribution in [0.15, 0.2) is 33.3 Å². The number of ether oxygens (including phenoxy) is 1. The number of nitrogens with zero attached hydrogens (tertiary/aromatic N) is 1. The van der Waals surface area contributed by atoms with Crippen LogP contribution in [0.1, 0.15) is 21.6 Å². The summed E-state index contributed by atoms with van der Waals surface area (Å²) in [5.74, 6) is 0.786. The van der Waals surface area contributed by atoms with Crippen LogP contribution in [0.3, 0.4) is 0 Å². The highest BCUT2D eigenvalue weighted by Crippen LogP contribution is 2.35.